The van der Waals surface area contributed by atoms with E-state index in [1.807, 2.05) is 30.3 Å². The van der Waals surface area contributed by atoms with Gasteiger partial charge in [0, 0.05) is 0 Å². The number of rotatable bonds is 3. The maximum atomic E-state index is 11.5. The van der Waals surface area contributed by atoms with Gasteiger partial charge in [0.05, 0.1) is 11.3 Å². The lowest BCUT2D eigenvalue weighted by Gasteiger charge is -2.09. The fourth-order valence-electron chi connectivity index (χ4n) is 2.04. The zero-order valence-corrected chi connectivity index (χ0v) is 10.5. The van der Waals surface area contributed by atoms with E-state index in [0.717, 1.165) is 0 Å². The molecule has 0 amide bonds. The SMILES string of the molecule is Nc1c(-c2cccc(Oc3ccccc3)c2)c(=O)c1=O. The molecule has 3 aromatic carbocycles. The summed E-state index contributed by atoms with van der Waals surface area (Å²) in [5, 5.41) is 0. The van der Waals surface area contributed by atoms with Gasteiger partial charge in [-0.05, 0) is 29.8 Å². The van der Waals surface area contributed by atoms with Crippen LogP contribution in [0, 0.1) is 0 Å². The third kappa shape index (κ3) is 1.97. The summed E-state index contributed by atoms with van der Waals surface area (Å²) in [4.78, 5) is 22.7. The predicted molar refractivity (Wildman–Crippen MR) is 77.7 cm³/mol. The van der Waals surface area contributed by atoms with E-state index in [4.69, 9.17) is 10.5 Å². The quantitative estimate of drug-likeness (QED) is 0.738. The molecule has 0 heterocycles. The van der Waals surface area contributed by atoms with Gasteiger partial charge in [0.1, 0.15) is 11.5 Å². The predicted octanol–water partition coefficient (Wildman–Crippen LogP) is 2.32. The van der Waals surface area contributed by atoms with E-state index < -0.39 is 10.9 Å². The van der Waals surface area contributed by atoms with Gasteiger partial charge in [-0.1, -0.05) is 30.3 Å². The Morgan fingerprint density at radius 2 is 1.50 bits per heavy atom. The molecule has 0 saturated carbocycles. The molecule has 0 fully saturated rings. The highest BCUT2D eigenvalue weighted by molar-refractivity contribution is 5.80. The lowest BCUT2D eigenvalue weighted by molar-refractivity contribution is 0.483. The fraction of sp³-hybridized carbons (Fsp3) is 0. The van der Waals surface area contributed by atoms with Crippen molar-refractivity contribution in [1.29, 1.82) is 0 Å². The van der Waals surface area contributed by atoms with E-state index in [-0.39, 0.29) is 11.3 Å². The van der Waals surface area contributed by atoms with Crippen molar-refractivity contribution in [1.82, 2.24) is 0 Å². The molecule has 0 aliphatic carbocycles. The summed E-state index contributed by atoms with van der Waals surface area (Å²) < 4.78 is 5.68. The van der Waals surface area contributed by atoms with Crippen molar-refractivity contribution in [3.05, 3.63) is 75.0 Å². The zero-order chi connectivity index (χ0) is 14.1. The monoisotopic (exact) mass is 265 g/mol. The van der Waals surface area contributed by atoms with Crippen LogP contribution in [-0.4, -0.2) is 0 Å². The zero-order valence-electron chi connectivity index (χ0n) is 10.5. The largest absolute Gasteiger partial charge is 0.457 e. The molecule has 3 aromatic rings. The first-order chi connectivity index (χ1) is 9.66. The summed E-state index contributed by atoms with van der Waals surface area (Å²) in [6.07, 6.45) is 0. The summed E-state index contributed by atoms with van der Waals surface area (Å²) in [6.45, 7) is 0. The summed E-state index contributed by atoms with van der Waals surface area (Å²) >= 11 is 0. The van der Waals surface area contributed by atoms with E-state index in [9.17, 15) is 9.59 Å². The first kappa shape index (κ1) is 12.2. The normalized spacial score (nSPS) is 10.6. The number of nitrogen functional groups attached to an aromatic ring is 1. The average molecular weight is 265 g/mol. The molecule has 0 aromatic heterocycles. The van der Waals surface area contributed by atoms with Crippen molar-refractivity contribution < 1.29 is 4.74 Å². The average Bonchev–Trinajstić information content (AvgIpc) is 2.48. The van der Waals surface area contributed by atoms with Gasteiger partial charge >= 0.3 is 0 Å². The number of anilines is 1. The van der Waals surface area contributed by atoms with Crippen LogP contribution in [0.2, 0.25) is 0 Å². The van der Waals surface area contributed by atoms with Crippen LogP contribution >= 0.6 is 0 Å². The smallest absolute Gasteiger partial charge is 0.249 e. The van der Waals surface area contributed by atoms with Gasteiger partial charge in [-0.25, -0.2) is 0 Å². The maximum absolute atomic E-state index is 11.5. The number of para-hydroxylation sites is 1. The van der Waals surface area contributed by atoms with Crippen LogP contribution < -0.4 is 21.3 Å². The Balaban J connectivity index is 1.95. The van der Waals surface area contributed by atoms with Gasteiger partial charge in [0.15, 0.2) is 0 Å². The molecular formula is C16H11NO3. The van der Waals surface area contributed by atoms with Crippen LogP contribution in [0.4, 0.5) is 5.69 Å². The van der Waals surface area contributed by atoms with Crippen molar-refractivity contribution in [3.63, 3.8) is 0 Å². The Morgan fingerprint density at radius 3 is 2.20 bits per heavy atom. The van der Waals surface area contributed by atoms with Crippen molar-refractivity contribution in [3.8, 4) is 22.6 Å². The lowest BCUT2D eigenvalue weighted by Crippen LogP contribution is -2.35. The number of ether oxygens (including phenoxy) is 1. The van der Waals surface area contributed by atoms with Gasteiger partial charge in [0.2, 0.25) is 10.9 Å². The van der Waals surface area contributed by atoms with E-state index in [0.29, 0.717) is 17.1 Å². The number of hydrogen-bond donors (Lipinski definition) is 1. The molecule has 0 saturated heterocycles. The Hall–Kier alpha value is -2.88. The summed E-state index contributed by atoms with van der Waals surface area (Å²) in [5.41, 5.74) is 5.29. The van der Waals surface area contributed by atoms with E-state index in [1.165, 1.54) is 0 Å². The summed E-state index contributed by atoms with van der Waals surface area (Å²) in [6, 6.07) is 16.2. The van der Waals surface area contributed by atoms with Crippen LogP contribution in [-0.2, 0) is 0 Å². The molecule has 0 bridgehead atoms. The molecule has 4 heteroatoms. The van der Waals surface area contributed by atoms with Gasteiger partial charge < -0.3 is 10.5 Å². The standard InChI is InChI=1S/C16H11NO3/c17-14-13(15(18)16(14)19)10-5-4-8-12(9-10)20-11-6-2-1-3-7-11/h1-9H,17H2. The minimum absolute atomic E-state index is 0.0202. The second-order valence-corrected chi connectivity index (χ2v) is 4.39. The van der Waals surface area contributed by atoms with Crippen molar-refractivity contribution in [2.75, 3.05) is 5.73 Å². The highest BCUT2D eigenvalue weighted by Crippen LogP contribution is 2.27. The Bertz CT molecular complexity index is 830. The van der Waals surface area contributed by atoms with Crippen molar-refractivity contribution >= 4 is 5.69 Å². The van der Waals surface area contributed by atoms with Crippen molar-refractivity contribution in [2.24, 2.45) is 0 Å². The van der Waals surface area contributed by atoms with Gasteiger partial charge in [-0.15, -0.1) is 0 Å². The number of nitrogens with two attached hydrogens (primary N) is 1. The summed E-state index contributed by atoms with van der Waals surface area (Å²) in [5.74, 6) is 1.28. The molecule has 4 nitrogen and oxygen atoms in total. The molecule has 0 atom stereocenters. The molecule has 0 unspecified atom stereocenters. The summed E-state index contributed by atoms with van der Waals surface area (Å²) in [7, 11) is 0. The Kier molecular flexibility index (Phi) is 2.84. The number of hydrogen-bond acceptors (Lipinski definition) is 4. The topological polar surface area (TPSA) is 69.4 Å². The molecule has 3 rings (SSSR count). The third-order valence-corrected chi connectivity index (χ3v) is 3.05. The van der Waals surface area contributed by atoms with E-state index in [2.05, 4.69) is 0 Å². The molecule has 0 aliphatic heterocycles. The fourth-order valence-corrected chi connectivity index (χ4v) is 2.04. The minimum Gasteiger partial charge on any atom is -0.457 e. The molecule has 20 heavy (non-hydrogen) atoms. The second kappa shape index (κ2) is 4.66. The highest BCUT2D eigenvalue weighted by Gasteiger charge is 2.19. The minimum atomic E-state index is -0.616. The molecule has 2 N–H and O–H groups in total. The molecule has 0 radical (unpaired) electrons. The molecular weight excluding hydrogens is 254 g/mol. The molecule has 0 spiro atoms. The first-order valence-corrected chi connectivity index (χ1v) is 6.09. The Labute approximate surface area is 114 Å². The Morgan fingerprint density at radius 1 is 0.800 bits per heavy atom. The van der Waals surface area contributed by atoms with E-state index in [1.54, 1.807) is 24.3 Å². The van der Waals surface area contributed by atoms with Crippen LogP contribution in [0.5, 0.6) is 11.5 Å². The first-order valence-electron chi connectivity index (χ1n) is 6.09. The lowest BCUT2D eigenvalue weighted by atomic mass is 9.99. The van der Waals surface area contributed by atoms with Crippen LogP contribution in [0.25, 0.3) is 11.1 Å². The van der Waals surface area contributed by atoms with Gasteiger partial charge in [0.25, 0.3) is 0 Å². The second-order valence-electron chi connectivity index (χ2n) is 4.39. The van der Waals surface area contributed by atoms with Gasteiger partial charge in [-0.3, -0.25) is 9.59 Å². The molecule has 0 aliphatic rings. The van der Waals surface area contributed by atoms with E-state index >= 15 is 0 Å². The number of benzene rings is 2. The molecule has 98 valence electrons. The van der Waals surface area contributed by atoms with Crippen molar-refractivity contribution in [2.45, 2.75) is 0 Å². The third-order valence-electron chi connectivity index (χ3n) is 3.05. The highest BCUT2D eigenvalue weighted by atomic mass is 16.5. The van der Waals surface area contributed by atoms with Gasteiger partial charge in [-0.2, -0.15) is 0 Å². The van der Waals surface area contributed by atoms with Crippen LogP contribution in [0.1, 0.15) is 0 Å². The maximum Gasteiger partial charge on any atom is 0.249 e. The van der Waals surface area contributed by atoms with Crippen LogP contribution in [0.15, 0.2) is 64.2 Å². The van der Waals surface area contributed by atoms with Crippen LogP contribution in [0.3, 0.4) is 0 Å².